The van der Waals surface area contributed by atoms with Crippen LogP contribution < -0.4 is 5.32 Å². The molecule has 3 rings (SSSR count). The van der Waals surface area contributed by atoms with Gasteiger partial charge >= 0.3 is 0 Å². The molecule has 0 radical (unpaired) electrons. The van der Waals surface area contributed by atoms with Crippen molar-refractivity contribution in [3.8, 4) is 0 Å². The number of aromatic nitrogens is 1. The molecule has 1 aromatic heterocycles. The number of benzene rings is 1. The fourth-order valence-electron chi connectivity index (χ4n) is 2.75. The summed E-state index contributed by atoms with van der Waals surface area (Å²) in [6.45, 7) is 2.04. The summed E-state index contributed by atoms with van der Waals surface area (Å²) in [7, 11) is -3.68. The Kier molecular flexibility index (Phi) is 5.36. The SMILES string of the molecule is C[C@@H](Cc1ccccn1)NC(=O)c1cccc(S(=O)(=O)N2CC(O)C2)c1. The number of carbonyl (C=O) groups excluding carboxylic acids is 1. The van der Waals surface area contributed by atoms with Crippen LogP contribution in [0.25, 0.3) is 0 Å². The van der Waals surface area contributed by atoms with E-state index in [1.165, 1.54) is 16.4 Å². The van der Waals surface area contributed by atoms with E-state index < -0.39 is 16.1 Å². The first-order valence-electron chi connectivity index (χ1n) is 8.35. The Morgan fingerprint density at radius 3 is 2.73 bits per heavy atom. The zero-order chi connectivity index (χ0) is 18.7. The van der Waals surface area contributed by atoms with Crippen LogP contribution in [-0.4, -0.2) is 54.0 Å². The molecule has 138 valence electrons. The van der Waals surface area contributed by atoms with Gasteiger partial charge in [-0.05, 0) is 37.3 Å². The number of hydrogen-bond acceptors (Lipinski definition) is 5. The van der Waals surface area contributed by atoms with Crippen LogP contribution >= 0.6 is 0 Å². The first-order valence-corrected chi connectivity index (χ1v) is 9.79. The average Bonchev–Trinajstić information content (AvgIpc) is 2.59. The lowest BCUT2D eigenvalue weighted by atomic mass is 10.1. The first kappa shape index (κ1) is 18.5. The van der Waals surface area contributed by atoms with Crippen LogP contribution in [0.3, 0.4) is 0 Å². The van der Waals surface area contributed by atoms with Gasteiger partial charge in [0.2, 0.25) is 10.0 Å². The molecule has 2 N–H and O–H groups in total. The standard InChI is InChI=1S/C18H21N3O4S/c1-13(9-15-6-2-3-8-19-15)20-18(23)14-5-4-7-17(10-14)26(24,25)21-11-16(22)12-21/h2-8,10,13,16,22H,9,11-12H2,1H3,(H,20,23)/t13-/m0/s1. The molecule has 1 aliphatic rings. The number of sulfonamides is 1. The second-order valence-corrected chi connectivity index (χ2v) is 8.34. The molecule has 7 nitrogen and oxygen atoms in total. The van der Waals surface area contributed by atoms with Crippen molar-refractivity contribution in [2.75, 3.05) is 13.1 Å². The average molecular weight is 375 g/mol. The molecule has 1 atom stereocenters. The fourth-order valence-corrected chi connectivity index (χ4v) is 4.31. The molecule has 1 fully saturated rings. The monoisotopic (exact) mass is 375 g/mol. The topological polar surface area (TPSA) is 99.6 Å². The van der Waals surface area contributed by atoms with Gasteiger partial charge in [-0.1, -0.05) is 12.1 Å². The number of amides is 1. The second kappa shape index (κ2) is 7.53. The maximum Gasteiger partial charge on any atom is 0.251 e. The summed E-state index contributed by atoms with van der Waals surface area (Å²) >= 11 is 0. The van der Waals surface area contributed by atoms with E-state index in [0.29, 0.717) is 6.42 Å². The smallest absolute Gasteiger partial charge is 0.251 e. The molecule has 1 aromatic carbocycles. The molecule has 1 saturated heterocycles. The minimum atomic E-state index is -3.68. The van der Waals surface area contributed by atoms with Crippen molar-refractivity contribution in [1.29, 1.82) is 0 Å². The van der Waals surface area contributed by atoms with Crippen molar-refractivity contribution >= 4 is 15.9 Å². The molecule has 0 saturated carbocycles. The molecule has 0 aliphatic carbocycles. The van der Waals surface area contributed by atoms with Crippen LogP contribution in [0.15, 0.2) is 53.6 Å². The van der Waals surface area contributed by atoms with Gasteiger partial charge < -0.3 is 10.4 Å². The summed E-state index contributed by atoms with van der Waals surface area (Å²) < 4.78 is 26.1. The Labute approximate surface area is 152 Å². The van der Waals surface area contributed by atoms with Crippen LogP contribution in [0.4, 0.5) is 0 Å². The normalized spacial score (nSPS) is 16.7. The minimum Gasteiger partial charge on any atom is -0.390 e. The number of aliphatic hydroxyl groups is 1. The lowest BCUT2D eigenvalue weighted by Gasteiger charge is -2.34. The third-order valence-corrected chi connectivity index (χ3v) is 6.01. The number of hydrogen-bond donors (Lipinski definition) is 2. The molecule has 1 aliphatic heterocycles. The van der Waals surface area contributed by atoms with Crippen LogP contribution in [0.2, 0.25) is 0 Å². The molecule has 2 aromatic rings. The lowest BCUT2D eigenvalue weighted by Crippen LogP contribution is -2.53. The van der Waals surface area contributed by atoms with E-state index in [-0.39, 0.29) is 35.5 Å². The maximum atomic E-state index is 12.5. The summed E-state index contributed by atoms with van der Waals surface area (Å²) in [4.78, 5) is 16.7. The van der Waals surface area contributed by atoms with Crippen LogP contribution in [0.1, 0.15) is 23.0 Å². The quantitative estimate of drug-likeness (QED) is 0.778. The Balaban J connectivity index is 1.68. The Morgan fingerprint density at radius 2 is 2.08 bits per heavy atom. The van der Waals surface area contributed by atoms with Gasteiger partial charge in [0.1, 0.15) is 0 Å². The summed E-state index contributed by atoms with van der Waals surface area (Å²) in [5.41, 5.74) is 1.15. The largest absolute Gasteiger partial charge is 0.390 e. The third-order valence-electron chi connectivity index (χ3n) is 4.18. The van der Waals surface area contributed by atoms with Crippen LogP contribution in [0.5, 0.6) is 0 Å². The molecule has 0 unspecified atom stereocenters. The second-order valence-electron chi connectivity index (χ2n) is 6.40. The number of carbonyl (C=O) groups is 1. The maximum absolute atomic E-state index is 12.5. The van der Waals surface area contributed by atoms with E-state index in [0.717, 1.165) is 5.69 Å². The number of β-amino-alcohol motifs (C(OH)–C–C–N with tert-alkyl or cyclic N) is 1. The Bertz CT molecular complexity index is 880. The zero-order valence-corrected chi connectivity index (χ0v) is 15.2. The van der Waals surface area contributed by atoms with Gasteiger partial charge in [0.25, 0.3) is 5.91 Å². The summed E-state index contributed by atoms with van der Waals surface area (Å²) in [6.07, 6.45) is 1.66. The lowest BCUT2D eigenvalue weighted by molar-refractivity contribution is 0.0547. The van der Waals surface area contributed by atoms with Gasteiger partial charge in [-0.15, -0.1) is 0 Å². The van der Waals surface area contributed by atoms with Crippen molar-refractivity contribution in [2.45, 2.75) is 30.4 Å². The first-order chi connectivity index (χ1) is 12.4. The predicted molar refractivity (Wildman–Crippen MR) is 96.1 cm³/mol. The Morgan fingerprint density at radius 1 is 1.31 bits per heavy atom. The van der Waals surface area contributed by atoms with Crippen molar-refractivity contribution < 1.29 is 18.3 Å². The van der Waals surface area contributed by atoms with Gasteiger partial charge in [-0.3, -0.25) is 9.78 Å². The molecule has 1 amide bonds. The van der Waals surface area contributed by atoms with E-state index in [1.54, 1.807) is 18.3 Å². The van der Waals surface area contributed by atoms with Gasteiger partial charge in [-0.25, -0.2) is 8.42 Å². The summed E-state index contributed by atoms with van der Waals surface area (Å²) in [5.74, 6) is -0.339. The van der Waals surface area contributed by atoms with Crippen LogP contribution in [0, 0.1) is 0 Å². The highest BCUT2D eigenvalue weighted by Crippen LogP contribution is 2.22. The van der Waals surface area contributed by atoms with Gasteiger partial charge in [-0.2, -0.15) is 4.31 Å². The number of nitrogens with one attached hydrogen (secondary N) is 1. The molecule has 2 heterocycles. The molecule has 0 bridgehead atoms. The predicted octanol–water partition coefficient (Wildman–Crippen LogP) is 0.808. The zero-order valence-electron chi connectivity index (χ0n) is 14.4. The molecular weight excluding hydrogens is 354 g/mol. The Hall–Kier alpha value is -2.29. The van der Waals surface area contributed by atoms with Gasteiger partial charge in [0, 0.05) is 43.0 Å². The highest BCUT2D eigenvalue weighted by molar-refractivity contribution is 7.89. The van der Waals surface area contributed by atoms with Crippen molar-refractivity contribution in [3.05, 3.63) is 59.9 Å². The van der Waals surface area contributed by atoms with Gasteiger partial charge in [0.15, 0.2) is 0 Å². The minimum absolute atomic E-state index is 0.0504. The van der Waals surface area contributed by atoms with E-state index in [4.69, 9.17) is 0 Å². The number of rotatable bonds is 6. The highest BCUT2D eigenvalue weighted by atomic mass is 32.2. The highest BCUT2D eigenvalue weighted by Gasteiger charge is 2.35. The number of aliphatic hydroxyl groups excluding tert-OH is 1. The number of nitrogens with zero attached hydrogens (tertiary/aromatic N) is 2. The van der Waals surface area contributed by atoms with Gasteiger partial charge in [0.05, 0.1) is 11.0 Å². The fraction of sp³-hybridized carbons (Fsp3) is 0.333. The van der Waals surface area contributed by atoms with E-state index in [2.05, 4.69) is 10.3 Å². The van der Waals surface area contributed by atoms with E-state index in [9.17, 15) is 18.3 Å². The van der Waals surface area contributed by atoms with Crippen molar-refractivity contribution in [1.82, 2.24) is 14.6 Å². The summed E-state index contributed by atoms with van der Waals surface area (Å²) in [6, 6.07) is 11.4. The molecular formula is C18H21N3O4S. The van der Waals surface area contributed by atoms with E-state index in [1.807, 2.05) is 25.1 Å². The molecule has 26 heavy (non-hydrogen) atoms. The molecule has 8 heteroatoms. The third kappa shape index (κ3) is 4.09. The van der Waals surface area contributed by atoms with E-state index >= 15 is 0 Å². The number of pyridine rings is 1. The summed E-state index contributed by atoms with van der Waals surface area (Å²) in [5, 5.41) is 12.2. The molecule has 0 spiro atoms. The van der Waals surface area contributed by atoms with Crippen molar-refractivity contribution in [3.63, 3.8) is 0 Å². The van der Waals surface area contributed by atoms with Crippen LogP contribution in [-0.2, 0) is 16.4 Å². The van der Waals surface area contributed by atoms with Crippen molar-refractivity contribution in [2.24, 2.45) is 0 Å².